The van der Waals surface area contributed by atoms with Gasteiger partial charge in [0.05, 0.1) is 5.56 Å². The van der Waals surface area contributed by atoms with Crippen LogP contribution in [0.3, 0.4) is 0 Å². The fourth-order valence-corrected chi connectivity index (χ4v) is 2.19. The molecule has 0 saturated carbocycles. The van der Waals surface area contributed by atoms with Crippen LogP contribution in [0.1, 0.15) is 40.8 Å². The highest BCUT2D eigenvalue weighted by atomic mass is 19.4. The summed E-state index contributed by atoms with van der Waals surface area (Å²) < 4.78 is 48.6. The summed E-state index contributed by atoms with van der Waals surface area (Å²) >= 11 is 0. The molecule has 0 aliphatic carbocycles. The molecule has 1 aliphatic heterocycles. The highest BCUT2D eigenvalue weighted by Crippen LogP contribution is 2.30. The number of anilines is 1. The number of hydrogen-bond acceptors (Lipinski definition) is 5. The van der Waals surface area contributed by atoms with Crippen molar-refractivity contribution in [2.24, 2.45) is 0 Å². The maximum Gasteiger partial charge on any atom is 0.416 e. The first-order valence-corrected chi connectivity index (χ1v) is 6.87. The molecule has 1 amide bonds. The third-order valence-corrected chi connectivity index (χ3v) is 3.32. The summed E-state index contributed by atoms with van der Waals surface area (Å²) in [5, 5.41) is 9.69. The van der Waals surface area contributed by atoms with E-state index in [4.69, 9.17) is 9.15 Å². The molecule has 1 aliphatic rings. The van der Waals surface area contributed by atoms with Gasteiger partial charge >= 0.3 is 12.2 Å². The van der Waals surface area contributed by atoms with E-state index in [9.17, 15) is 18.0 Å². The van der Waals surface area contributed by atoms with Crippen LogP contribution in [0.5, 0.6) is 0 Å². The molecule has 3 rings (SSSR count). The molecule has 1 saturated heterocycles. The van der Waals surface area contributed by atoms with E-state index in [0.29, 0.717) is 6.61 Å². The number of carbonyl (C=O) groups is 1. The fraction of sp³-hybridized carbons (Fsp3) is 0.357. The van der Waals surface area contributed by atoms with E-state index in [-0.39, 0.29) is 23.6 Å². The van der Waals surface area contributed by atoms with Crippen LogP contribution in [0, 0.1) is 0 Å². The van der Waals surface area contributed by atoms with Gasteiger partial charge in [0.1, 0.15) is 6.10 Å². The first-order chi connectivity index (χ1) is 10.9. The lowest BCUT2D eigenvalue weighted by atomic mass is 10.1. The SMILES string of the molecule is O=C(Nc1nnc(C2CCCO2)o1)c1cccc(C(F)(F)F)c1. The van der Waals surface area contributed by atoms with Crippen LogP contribution >= 0.6 is 0 Å². The minimum atomic E-state index is -4.52. The van der Waals surface area contributed by atoms with Crippen molar-refractivity contribution < 1.29 is 27.1 Å². The molecule has 122 valence electrons. The van der Waals surface area contributed by atoms with E-state index in [1.807, 2.05) is 0 Å². The summed E-state index contributed by atoms with van der Waals surface area (Å²) in [5.74, 6) is -0.527. The number of rotatable bonds is 3. The molecule has 23 heavy (non-hydrogen) atoms. The maximum absolute atomic E-state index is 12.6. The van der Waals surface area contributed by atoms with Gasteiger partial charge in [-0.2, -0.15) is 13.2 Å². The van der Waals surface area contributed by atoms with Gasteiger partial charge in [-0.1, -0.05) is 11.2 Å². The van der Waals surface area contributed by atoms with Crippen LogP contribution in [-0.4, -0.2) is 22.7 Å². The van der Waals surface area contributed by atoms with Gasteiger partial charge in [-0.05, 0) is 31.0 Å². The first kappa shape index (κ1) is 15.5. The number of halogens is 3. The number of carbonyl (C=O) groups excluding carboxylic acids is 1. The number of ether oxygens (including phenoxy) is 1. The molecule has 0 radical (unpaired) electrons. The number of alkyl halides is 3. The predicted octanol–water partition coefficient (Wildman–Crippen LogP) is 3.19. The normalized spacial score (nSPS) is 18.1. The molecule has 0 spiro atoms. The van der Waals surface area contributed by atoms with Gasteiger partial charge in [-0.15, -0.1) is 5.10 Å². The Labute approximate surface area is 128 Å². The fourth-order valence-electron chi connectivity index (χ4n) is 2.19. The summed E-state index contributed by atoms with van der Waals surface area (Å²) in [4.78, 5) is 12.0. The molecule has 1 aromatic heterocycles. The van der Waals surface area contributed by atoms with Gasteiger partial charge in [0, 0.05) is 12.2 Å². The highest BCUT2D eigenvalue weighted by Gasteiger charge is 2.31. The lowest BCUT2D eigenvalue weighted by Crippen LogP contribution is -2.14. The average molecular weight is 327 g/mol. The van der Waals surface area contributed by atoms with Crippen molar-refractivity contribution in [2.45, 2.75) is 25.1 Å². The molecule has 0 bridgehead atoms. The summed E-state index contributed by atoms with van der Waals surface area (Å²) in [7, 11) is 0. The molecule has 6 nitrogen and oxygen atoms in total. The van der Waals surface area contributed by atoms with E-state index in [0.717, 1.165) is 31.0 Å². The van der Waals surface area contributed by atoms with Crippen LogP contribution in [0.2, 0.25) is 0 Å². The average Bonchev–Trinajstić information content (AvgIpc) is 3.17. The van der Waals surface area contributed by atoms with Crippen molar-refractivity contribution in [1.82, 2.24) is 10.2 Å². The smallest absolute Gasteiger partial charge is 0.405 e. The van der Waals surface area contributed by atoms with Crippen LogP contribution in [0.25, 0.3) is 0 Å². The van der Waals surface area contributed by atoms with Crippen molar-refractivity contribution in [3.63, 3.8) is 0 Å². The summed E-state index contributed by atoms with van der Waals surface area (Å²) in [6.45, 7) is 0.596. The minimum Gasteiger partial charge on any atom is -0.405 e. The highest BCUT2D eigenvalue weighted by molar-refractivity contribution is 6.03. The maximum atomic E-state index is 12.6. The lowest BCUT2D eigenvalue weighted by molar-refractivity contribution is -0.137. The van der Waals surface area contributed by atoms with E-state index in [2.05, 4.69) is 15.5 Å². The molecule has 9 heteroatoms. The van der Waals surface area contributed by atoms with E-state index in [1.165, 1.54) is 6.07 Å². The predicted molar refractivity (Wildman–Crippen MR) is 71.6 cm³/mol. The Kier molecular flexibility index (Phi) is 4.03. The zero-order chi connectivity index (χ0) is 16.4. The largest absolute Gasteiger partial charge is 0.416 e. The zero-order valence-corrected chi connectivity index (χ0v) is 11.8. The second kappa shape index (κ2) is 5.99. The quantitative estimate of drug-likeness (QED) is 0.937. The molecule has 1 N–H and O–H groups in total. The summed E-state index contributed by atoms with van der Waals surface area (Å²) in [6, 6.07) is 3.88. The van der Waals surface area contributed by atoms with Gasteiger partial charge in [0.15, 0.2) is 0 Å². The molecular formula is C14H12F3N3O3. The van der Waals surface area contributed by atoms with Crippen LogP contribution in [-0.2, 0) is 10.9 Å². The molecule has 2 heterocycles. The molecule has 1 atom stereocenters. The number of nitrogens with one attached hydrogen (secondary N) is 1. The molecule has 1 unspecified atom stereocenters. The van der Waals surface area contributed by atoms with Crippen molar-refractivity contribution in [1.29, 1.82) is 0 Å². The third kappa shape index (κ3) is 3.50. The lowest BCUT2D eigenvalue weighted by Gasteiger charge is -2.08. The Morgan fingerprint density at radius 1 is 1.30 bits per heavy atom. The number of amides is 1. The molecular weight excluding hydrogens is 315 g/mol. The van der Waals surface area contributed by atoms with Gasteiger partial charge in [-0.25, -0.2) is 0 Å². The van der Waals surface area contributed by atoms with Crippen molar-refractivity contribution in [3.05, 3.63) is 41.3 Å². The van der Waals surface area contributed by atoms with Gasteiger partial charge < -0.3 is 9.15 Å². The van der Waals surface area contributed by atoms with Crippen molar-refractivity contribution in [3.8, 4) is 0 Å². The summed E-state index contributed by atoms with van der Waals surface area (Å²) in [5.41, 5.74) is -1.06. The topological polar surface area (TPSA) is 77.2 Å². The third-order valence-electron chi connectivity index (χ3n) is 3.32. The second-order valence-electron chi connectivity index (χ2n) is 4.98. The standard InChI is InChI=1S/C14H12F3N3O3/c15-14(16,17)9-4-1-3-8(7-9)11(21)18-13-20-19-12(23-13)10-5-2-6-22-10/h1,3-4,7,10H,2,5-6H2,(H,18,20,21). The molecule has 1 aromatic carbocycles. The number of hydrogen-bond donors (Lipinski definition) is 1. The first-order valence-electron chi connectivity index (χ1n) is 6.87. The number of nitrogens with zero attached hydrogens (tertiary/aromatic N) is 2. The van der Waals surface area contributed by atoms with E-state index >= 15 is 0 Å². The van der Waals surface area contributed by atoms with E-state index in [1.54, 1.807) is 0 Å². The zero-order valence-electron chi connectivity index (χ0n) is 11.8. The monoisotopic (exact) mass is 327 g/mol. The van der Waals surface area contributed by atoms with Crippen molar-refractivity contribution in [2.75, 3.05) is 11.9 Å². The second-order valence-corrected chi connectivity index (χ2v) is 4.98. The van der Waals surface area contributed by atoms with Gasteiger partial charge in [0.2, 0.25) is 5.89 Å². The Morgan fingerprint density at radius 3 is 2.83 bits per heavy atom. The molecule has 1 fully saturated rings. The summed E-state index contributed by atoms with van der Waals surface area (Å²) in [6.07, 6.45) is -3.21. The Hall–Kier alpha value is -2.42. The van der Waals surface area contributed by atoms with Crippen LogP contribution < -0.4 is 5.32 Å². The van der Waals surface area contributed by atoms with Crippen molar-refractivity contribution >= 4 is 11.9 Å². The Morgan fingerprint density at radius 2 is 2.13 bits per heavy atom. The Balaban J connectivity index is 1.72. The van der Waals surface area contributed by atoms with Crippen LogP contribution in [0.15, 0.2) is 28.7 Å². The number of benzene rings is 1. The molecule has 2 aromatic rings. The van der Waals surface area contributed by atoms with Gasteiger partial charge in [0.25, 0.3) is 5.91 Å². The van der Waals surface area contributed by atoms with E-state index < -0.39 is 17.6 Å². The van der Waals surface area contributed by atoms with Crippen LogP contribution in [0.4, 0.5) is 19.2 Å². The number of aromatic nitrogens is 2. The Bertz CT molecular complexity index is 709. The minimum absolute atomic E-state index is 0.156. The van der Waals surface area contributed by atoms with Gasteiger partial charge in [-0.3, -0.25) is 10.1 Å².